The van der Waals surface area contributed by atoms with Gasteiger partial charge in [0.25, 0.3) is 0 Å². The lowest BCUT2D eigenvalue weighted by Crippen LogP contribution is -2.17. The Morgan fingerprint density at radius 2 is 0.726 bits per heavy atom. The number of furan rings is 2. The van der Waals surface area contributed by atoms with Gasteiger partial charge in [0, 0.05) is 60.7 Å². The molecule has 0 spiro atoms. The number of benzene rings is 9. The second kappa shape index (κ2) is 18.2. The first-order chi connectivity index (χ1) is 34.9. The van der Waals surface area contributed by atoms with Crippen molar-refractivity contribution in [3.8, 4) is 0 Å². The number of rotatable bonds is 9. The van der Waals surface area contributed by atoms with Crippen LogP contribution >= 0.6 is 23.2 Å². The van der Waals surface area contributed by atoms with Crippen LogP contribution in [0.4, 0.5) is 51.2 Å². The number of hydrogen-bond donors (Lipinski definition) is 0. The van der Waals surface area contributed by atoms with Gasteiger partial charge in [-0.3, -0.25) is 0 Å². The van der Waals surface area contributed by atoms with Crippen LogP contribution in [-0.2, 0) is 16.2 Å². The highest BCUT2D eigenvalue weighted by Gasteiger charge is 2.28. The van der Waals surface area contributed by atoms with E-state index in [1.807, 2.05) is 42.5 Å². The molecule has 0 aliphatic carbocycles. The fraction of sp³-hybridized carbons (Fsp3) is 0.182. The van der Waals surface area contributed by atoms with Crippen molar-refractivity contribution >= 4 is 118 Å². The van der Waals surface area contributed by atoms with E-state index in [9.17, 15) is 0 Å². The maximum atomic E-state index is 8.05. The van der Waals surface area contributed by atoms with Gasteiger partial charge >= 0.3 is 0 Å². The minimum atomic E-state index is -0.0602. The SMILES string of the molecule is CC(C)(C)c1ccc(N(c2cccc(N(c3ccc(C(C)(C)C)cc3)c3cc(Cl)cc(N(c4ccc(C(C)(C)C)cc4)c4cccc5c4oc4ccccc45)c3Cl)c2)c2ccc3oc4ccccc4c3c2)cc1. The van der Waals surface area contributed by atoms with Crippen LogP contribution in [0.1, 0.15) is 79.0 Å². The lowest BCUT2D eigenvalue weighted by atomic mass is 9.87. The molecule has 0 radical (unpaired) electrons. The molecular formula is C66H59Cl2N3O2. The molecule has 73 heavy (non-hydrogen) atoms. The summed E-state index contributed by atoms with van der Waals surface area (Å²) < 4.78 is 13.1. The molecular weight excluding hydrogens is 938 g/mol. The average Bonchev–Trinajstić information content (AvgIpc) is 3.94. The lowest BCUT2D eigenvalue weighted by Gasteiger charge is -2.33. The summed E-state index contributed by atoms with van der Waals surface area (Å²) in [5.74, 6) is 0. The third-order valence-electron chi connectivity index (χ3n) is 14.0. The monoisotopic (exact) mass is 995 g/mol. The van der Waals surface area contributed by atoms with E-state index in [0.717, 1.165) is 83.7 Å². The first-order valence-corrected chi connectivity index (χ1v) is 25.8. The summed E-state index contributed by atoms with van der Waals surface area (Å²) in [4.78, 5) is 6.73. The molecule has 2 heterocycles. The summed E-state index contributed by atoms with van der Waals surface area (Å²) in [5.41, 5.74) is 14.8. The lowest BCUT2D eigenvalue weighted by molar-refractivity contribution is 0.590. The van der Waals surface area contributed by atoms with Crippen LogP contribution in [0.15, 0.2) is 203 Å². The number of anilines is 9. The van der Waals surface area contributed by atoms with Crippen molar-refractivity contribution in [3.63, 3.8) is 0 Å². The Morgan fingerprint density at radius 1 is 0.315 bits per heavy atom. The van der Waals surface area contributed by atoms with Gasteiger partial charge in [0.15, 0.2) is 5.58 Å². The normalized spacial score (nSPS) is 12.3. The molecule has 7 heteroatoms. The Balaban J connectivity index is 1.13. The molecule has 0 fully saturated rings. The summed E-state index contributed by atoms with van der Waals surface area (Å²) in [6.45, 7) is 20.1. The highest BCUT2D eigenvalue weighted by molar-refractivity contribution is 6.39. The molecule has 11 rings (SSSR count). The van der Waals surface area contributed by atoms with Crippen molar-refractivity contribution in [2.45, 2.75) is 78.6 Å². The molecule has 0 amide bonds. The number of nitrogens with zero attached hydrogens (tertiary/aromatic N) is 3. The fourth-order valence-corrected chi connectivity index (χ4v) is 10.5. The summed E-state index contributed by atoms with van der Waals surface area (Å²) in [7, 11) is 0. The van der Waals surface area contributed by atoms with E-state index < -0.39 is 0 Å². The smallest absolute Gasteiger partial charge is 0.159 e. The minimum absolute atomic E-state index is 0.0138. The van der Waals surface area contributed by atoms with Gasteiger partial charge in [-0.05, 0) is 136 Å². The molecule has 11 aromatic rings. The predicted molar refractivity (Wildman–Crippen MR) is 311 cm³/mol. The Labute approximate surface area is 438 Å². The zero-order valence-corrected chi connectivity index (χ0v) is 44.4. The molecule has 0 bridgehead atoms. The highest BCUT2D eigenvalue weighted by atomic mass is 35.5. The average molecular weight is 997 g/mol. The second-order valence-electron chi connectivity index (χ2n) is 22.2. The second-order valence-corrected chi connectivity index (χ2v) is 23.0. The van der Waals surface area contributed by atoms with E-state index in [-0.39, 0.29) is 16.2 Å². The highest BCUT2D eigenvalue weighted by Crippen LogP contribution is 2.51. The Hall–Kier alpha value is -7.44. The quantitative estimate of drug-likeness (QED) is 0.144. The van der Waals surface area contributed by atoms with Gasteiger partial charge in [-0.1, -0.05) is 177 Å². The topological polar surface area (TPSA) is 36.0 Å². The van der Waals surface area contributed by atoms with E-state index in [4.69, 9.17) is 32.0 Å². The van der Waals surface area contributed by atoms with Crippen molar-refractivity contribution in [1.29, 1.82) is 0 Å². The van der Waals surface area contributed by atoms with Crippen LogP contribution in [0.3, 0.4) is 0 Å². The van der Waals surface area contributed by atoms with Gasteiger partial charge in [0.1, 0.15) is 16.7 Å². The number of hydrogen-bond acceptors (Lipinski definition) is 5. The van der Waals surface area contributed by atoms with Gasteiger partial charge in [0.2, 0.25) is 0 Å². The van der Waals surface area contributed by atoms with Crippen LogP contribution in [0.2, 0.25) is 10.0 Å². The Kier molecular flexibility index (Phi) is 12.0. The predicted octanol–water partition coefficient (Wildman–Crippen LogP) is 21.1. The number of fused-ring (bicyclic) bond motifs is 6. The van der Waals surface area contributed by atoms with Crippen molar-refractivity contribution in [2.75, 3.05) is 14.7 Å². The fourth-order valence-electron chi connectivity index (χ4n) is 10.0. The summed E-state index contributed by atoms with van der Waals surface area (Å²) in [6, 6.07) is 68.2. The number of halogens is 2. The zero-order chi connectivity index (χ0) is 51.0. The zero-order valence-electron chi connectivity index (χ0n) is 42.9. The van der Waals surface area contributed by atoms with E-state index in [1.54, 1.807) is 0 Å². The molecule has 5 nitrogen and oxygen atoms in total. The summed E-state index contributed by atoms with van der Waals surface area (Å²) >= 11 is 15.5. The van der Waals surface area contributed by atoms with Gasteiger partial charge < -0.3 is 23.5 Å². The maximum Gasteiger partial charge on any atom is 0.159 e. The molecule has 0 N–H and O–H groups in total. The molecule has 2 aromatic heterocycles. The van der Waals surface area contributed by atoms with Crippen LogP contribution in [0.5, 0.6) is 0 Å². The largest absolute Gasteiger partial charge is 0.456 e. The third-order valence-corrected chi connectivity index (χ3v) is 14.6. The van der Waals surface area contributed by atoms with Gasteiger partial charge in [-0.25, -0.2) is 0 Å². The molecule has 0 aliphatic rings. The molecule has 0 saturated carbocycles. The minimum Gasteiger partial charge on any atom is -0.456 e. The third kappa shape index (κ3) is 9.00. The van der Waals surface area contributed by atoms with Crippen LogP contribution in [0, 0.1) is 0 Å². The Bertz CT molecular complexity index is 3830. The first kappa shape index (κ1) is 47.9. The maximum absolute atomic E-state index is 8.05. The molecule has 9 aromatic carbocycles. The summed E-state index contributed by atoms with van der Waals surface area (Å²) in [5, 5.41) is 5.21. The van der Waals surface area contributed by atoms with Crippen molar-refractivity contribution in [3.05, 3.63) is 221 Å². The van der Waals surface area contributed by atoms with E-state index in [1.165, 1.54) is 16.7 Å². The molecule has 364 valence electrons. The van der Waals surface area contributed by atoms with E-state index in [0.29, 0.717) is 21.4 Å². The van der Waals surface area contributed by atoms with E-state index >= 15 is 0 Å². The molecule has 0 unspecified atom stereocenters. The van der Waals surface area contributed by atoms with Crippen molar-refractivity contribution < 1.29 is 8.83 Å². The van der Waals surface area contributed by atoms with Crippen LogP contribution in [0.25, 0.3) is 43.9 Å². The molecule has 0 atom stereocenters. The standard InChI is InChI=1S/C66H59Cl2N3O2/c1-64(2,3)42-24-30-46(31-25-42)69(51-36-37-61-55(41-51)53-19-11-12-22-59(53)72-61)49-16-14-17-50(40-49)70(47-32-26-43(27-33-47)65(4,5)6)57-38-45(67)39-58(62(57)68)71(48-34-28-44(29-35-48)66(7,8)9)56-21-15-20-54-52-18-10-13-23-60(52)73-63(54)56/h10-41H,1-9H3. The molecule has 0 aliphatic heterocycles. The van der Waals surface area contributed by atoms with E-state index in [2.05, 4.69) is 229 Å². The van der Waals surface area contributed by atoms with Gasteiger partial charge in [-0.15, -0.1) is 0 Å². The molecule has 0 saturated heterocycles. The van der Waals surface area contributed by atoms with Crippen molar-refractivity contribution in [1.82, 2.24) is 0 Å². The number of para-hydroxylation sites is 3. The van der Waals surface area contributed by atoms with Crippen LogP contribution < -0.4 is 14.7 Å². The Morgan fingerprint density at radius 3 is 1.29 bits per heavy atom. The van der Waals surface area contributed by atoms with Crippen LogP contribution in [-0.4, -0.2) is 0 Å². The first-order valence-electron chi connectivity index (χ1n) is 25.0. The van der Waals surface area contributed by atoms with Gasteiger partial charge in [0.05, 0.1) is 22.1 Å². The van der Waals surface area contributed by atoms with Crippen molar-refractivity contribution in [2.24, 2.45) is 0 Å². The summed E-state index contributed by atoms with van der Waals surface area (Å²) in [6.07, 6.45) is 0. The van der Waals surface area contributed by atoms with Gasteiger partial charge in [-0.2, -0.15) is 0 Å².